The molecular formula is C21H30O2. The Bertz CT molecular complexity index is 582. The van der Waals surface area contributed by atoms with Gasteiger partial charge in [0.25, 0.3) is 0 Å². The molecule has 0 bridgehead atoms. The van der Waals surface area contributed by atoms with Crippen molar-refractivity contribution in [2.75, 3.05) is 0 Å². The van der Waals surface area contributed by atoms with E-state index in [-0.39, 0.29) is 11.6 Å². The van der Waals surface area contributed by atoms with Crippen molar-refractivity contribution in [3.8, 4) is 0 Å². The molecule has 1 aromatic rings. The van der Waals surface area contributed by atoms with Gasteiger partial charge >= 0.3 is 5.97 Å². The van der Waals surface area contributed by atoms with Crippen molar-refractivity contribution in [3.63, 3.8) is 0 Å². The molecule has 0 N–H and O–H groups in total. The van der Waals surface area contributed by atoms with Gasteiger partial charge in [-0.3, -0.25) is 0 Å². The number of ether oxygens (including phenoxy) is 1. The van der Waals surface area contributed by atoms with Crippen molar-refractivity contribution in [1.82, 2.24) is 0 Å². The van der Waals surface area contributed by atoms with Crippen LogP contribution in [-0.4, -0.2) is 11.6 Å². The van der Waals surface area contributed by atoms with Gasteiger partial charge in [-0.05, 0) is 74.1 Å². The minimum absolute atomic E-state index is 0.157. The summed E-state index contributed by atoms with van der Waals surface area (Å²) in [7, 11) is 0. The molecule has 0 aliphatic heterocycles. The van der Waals surface area contributed by atoms with Gasteiger partial charge in [-0.2, -0.15) is 0 Å². The lowest BCUT2D eigenvalue weighted by Gasteiger charge is -2.36. The maximum atomic E-state index is 12.6. The molecule has 2 unspecified atom stereocenters. The zero-order valence-electron chi connectivity index (χ0n) is 15.0. The Labute approximate surface area is 140 Å². The minimum Gasteiger partial charge on any atom is -0.456 e. The molecule has 2 nitrogen and oxygen atoms in total. The van der Waals surface area contributed by atoms with Crippen molar-refractivity contribution in [3.05, 3.63) is 34.9 Å². The summed E-state index contributed by atoms with van der Waals surface area (Å²) in [6, 6.07) is 6.15. The number of hydrogen-bond acceptors (Lipinski definition) is 2. The van der Waals surface area contributed by atoms with Crippen LogP contribution in [0, 0.1) is 11.8 Å². The van der Waals surface area contributed by atoms with E-state index >= 15 is 0 Å². The molecule has 3 rings (SSSR count). The zero-order chi connectivity index (χ0) is 16.6. The maximum Gasteiger partial charge on any atom is 0.338 e. The monoisotopic (exact) mass is 314 g/mol. The summed E-state index contributed by atoms with van der Waals surface area (Å²) < 4.78 is 5.94. The summed E-state index contributed by atoms with van der Waals surface area (Å²) in [5.41, 5.74) is 3.08. The summed E-state index contributed by atoms with van der Waals surface area (Å²) in [6.45, 7) is 8.73. The molecule has 1 saturated carbocycles. The standard InChI is InChI=1S/C21H30O2/c1-14-12-17-13-16(10-11-19(17)15(14)2)20(22)23-21(3,4)18-8-6-5-7-9-18/h10-11,13-15,18H,5-9,12H2,1-4H3. The number of hydrogen-bond donors (Lipinski definition) is 0. The molecule has 0 amide bonds. The molecule has 1 fully saturated rings. The number of carbonyl (C=O) groups is 1. The third-order valence-electron chi connectivity index (χ3n) is 6.21. The lowest BCUT2D eigenvalue weighted by atomic mass is 9.79. The molecule has 23 heavy (non-hydrogen) atoms. The van der Waals surface area contributed by atoms with E-state index in [9.17, 15) is 4.79 Å². The van der Waals surface area contributed by atoms with Gasteiger partial charge in [0.05, 0.1) is 5.56 Å². The zero-order valence-corrected chi connectivity index (χ0v) is 15.0. The van der Waals surface area contributed by atoms with Crippen molar-refractivity contribution < 1.29 is 9.53 Å². The number of esters is 1. The molecule has 0 heterocycles. The van der Waals surface area contributed by atoms with E-state index in [1.807, 2.05) is 6.07 Å². The van der Waals surface area contributed by atoms with Gasteiger partial charge in [-0.15, -0.1) is 0 Å². The van der Waals surface area contributed by atoms with Gasteiger partial charge in [0.15, 0.2) is 0 Å². The van der Waals surface area contributed by atoms with E-state index in [0.29, 0.717) is 23.3 Å². The fraction of sp³-hybridized carbons (Fsp3) is 0.667. The van der Waals surface area contributed by atoms with E-state index in [1.54, 1.807) is 0 Å². The topological polar surface area (TPSA) is 26.3 Å². The van der Waals surface area contributed by atoms with Gasteiger partial charge in [-0.25, -0.2) is 4.79 Å². The van der Waals surface area contributed by atoms with Crippen LogP contribution in [0.3, 0.4) is 0 Å². The number of benzene rings is 1. The first-order chi connectivity index (χ1) is 10.9. The highest BCUT2D eigenvalue weighted by atomic mass is 16.6. The van der Waals surface area contributed by atoms with Crippen LogP contribution in [0.15, 0.2) is 18.2 Å². The van der Waals surface area contributed by atoms with Crippen LogP contribution in [0.1, 0.15) is 87.2 Å². The first-order valence-corrected chi connectivity index (χ1v) is 9.24. The van der Waals surface area contributed by atoms with Gasteiger partial charge < -0.3 is 4.74 Å². The summed E-state index contributed by atoms with van der Waals surface area (Å²) in [6.07, 6.45) is 7.28. The number of carbonyl (C=O) groups excluding carboxylic acids is 1. The molecule has 2 aliphatic carbocycles. The summed E-state index contributed by atoms with van der Waals surface area (Å²) in [5.74, 6) is 1.59. The average molecular weight is 314 g/mol. The van der Waals surface area contributed by atoms with Crippen LogP contribution in [0.25, 0.3) is 0 Å². The molecule has 0 saturated heterocycles. The Balaban J connectivity index is 1.72. The first kappa shape index (κ1) is 16.5. The quantitative estimate of drug-likeness (QED) is 0.689. The van der Waals surface area contributed by atoms with E-state index in [4.69, 9.17) is 4.74 Å². The third kappa shape index (κ3) is 3.32. The average Bonchev–Trinajstić information content (AvgIpc) is 2.82. The maximum absolute atomic E-state index is 12.6. The SMILES string of the molecule is CC1Cc2cc(C(=O)OC(C)(C)C3CCCCC3)ccc2C1C. The Morgan fingerprint density at radius 2 is 1.83 bits per heavy atom. The number of rotatable bonds is 3. The van der Waals surface area contributed by atoms with Gasteiger partial charge in [0.1, 0.15) is 5.60 Å². The smallest absolute Gasteiger partial charge is 0.338 e. The van der Waals surface area contributed by atoms with Crippen LogP contribution in [-0.2, 0) is 11.2 Å². The van der Waals surface area contributed by atoms with Crippen molar-refractivity contribution in [1.29, 1.82) is 0 Å². The predicted molar refractivity (Wildman–Crippen MR) is 93.8 cm³/mol. The molecule has 0 radical (unpaired) electrons. The molecule has 126 valence electrons. The second-order valence-electron chi connectivity index (χ2n) is 8.21. The highest BCUT2D eigenvalue weighted by molar-refractivity contribution is 5.90. The Morgan fingerprint density at radius 3 is 2.52 bits per heavy atom. The lowest BCUT2D eigenvalue weighted by molar-refractivity contribution is -0.0384. The highest BCUT2D eigenvalue weighted by Crippen LogP contribution is 2.38. The summed E-state index contributed by atoms with van der Waals surface area (Å²) in [5, 5.41) is 0. The largest absolute Gasteiger partial charge is 0.456 e. The summed E-state index contributed by atoms with van der Waals surface area (Å²) in [4.78, 5) is 12.6. The van der Waals surface area contributed by atoms with Crippen molar-refractivity contribution in [2.45, 2.75) is 77.7 Å². The highest BCUT2D eigenvalue weighted by Gasteiger charge is 2.35. The molecule has 2 aliphatic rings. The molecule has 0 spiro atoms. The van der Waals surface area contributed by atoms with Crippen LogP contribution in [0.4, 0.5) is 0 Å². The Kier molecular flexibility index (Phi) is 4.53. The fourth-order valence-electron chi connectivity index (χ4n) is 4.36. The van der Waals surface area contributed by atoms with E-state index in [0.717, 1.165) is 6.42 Å². The van der Waals surface area contributed by atoms with Crippen LogP contribution >= 0.6 is 0 Å². The van der Waals surface area contributed by atoms with Gasteiger partial charge in [0, 0.05) is 0 Å². The second-order valence-corrected chi connectivity index (χ2v) is 8.21. The molecule has 2 heteroatoms. The van der Waals surface area contributed by atoms with E-state index in [2.05, 4.69) is 39.8 Å². The molecule has 0 aromatic heterocycles. The predicted octanol–water partition coefficient (Wildman–Crippen LogP) is 5.50. The second kappa shape index (κ2) is 6.30. The Morgan fingerprint density at radius 1 is 1.13 bits per heavy atom. The molecule has 2 atom stereocenters. The Hall–Kier alpha value is -1.31. The third-order valence-corrected chi connectivity index (χ3v) is 6.21. The van der Waals surface area contributed by atoms with Gasteiger partial charge in [0.2, 0.25) is 0 Å². The fourth-order valence-corrected chi connectivity index (χ4v) is 4.36. The summed E-state index contributed by atoms with van der Waals surface area (Å²) >= 11 is 0. The lowest BCUT2D eigenvalue weighted by Crippen LogP contribution is -2.37. The normalized spacial score (nSPS) is 25.2. The first-order valence-electron chi connectivity index (χ1n) is 9.24. The van der Waals surface area contributed by atoms with Crippen LogP contribution < -0.4 is 0 Å². The van der Waals surface area contributed by atoms with Crippen molar-refractivity contribution >= 4 is 5.97 Å². The van der Waals surface area contributed by atoms with Crippen molar-refractivity contribution in [2.24, 2.45) is 11.8 Å². The van der Waals surface area contributed by atoms with Crippen LogP contribution in [0.5, 0.6) is 0 Å². The minimum atomic E-state index is -0.364. The number of fused-ring (bicyclic) bond motifs is 1. The van der Waals surface area contributed by atoms with Crippen LogP contribution in [0.2, 0.25) is 0 Å². The van der Waals surface area contributed by atoms with E-state index < -0.39 is 0 Å². The van der Waals surface area contributed by atoms with Gasteiger partial charge in [-0.1, -0.05) is 39.2 Å². The molecule has 1 aromatic carbocycles. The molecular weight excluding hydrogens is 284 g/mol. The van der Waals surface area contributed by atoms with E-state index in [1.165, 1.54) is 43.2 Å².